The molecule has 2 aromatic rings. The zero-order valence-electron chi connectivity index (χ0n) is 11.3. The van der Waals surface area contributed by atoms with Crippen molar-refractivity contribution in [3.63, 3.8) is 0 Å². The molecule has 0 radical (unpaired) electrons. The van der Waals surface area contributed by atoms with Crippen molar-refractivity contribution in [1.29, 1.82) is 0 Å². The zero-order chi connectivity index (χ0) is 14.7. The molecular weight excluding hydrogens is 338 g/mol. The summed E-state index contributed by atoms with van der Waals surface area (Å²) >= 11 is 5.19. The van der Waals surface area contributed by atoms with Crippen LogP contribution in [0.15, 0.2) is 39.3 Å². The summed E-state index contributed by atoms with van der Waals surface area (Å²) in [6.45, 7) is 2.80. The summed E-state index contributed by atoms with van der Waals surface area (Å²) in [6.07, 6.45) is 0. The van der Waals surface area contributed by atoms with Gasteiger partial charge in [-0.1, -0.05) is 5.16 Å². The van der Waals surface area contributed by atoms with Gasteiger partial charge in [0.25, 0.3) is 0 Å². The molecule has 20 heavy (non-hydrogen) atoms. The lowest BCUT2D eigenvalue weighted by Gasteiger charge is -2.19. The molecule has 0 saturated carbocycles. The first-order valence-corrected chi connectivity index (χ1v) is 7.71. The lowest BCUT2D eigenvalue weighted by Crippen LogP contribution is -2.18. The Morgan fingerprint density at radius 2 is 2.20 bits per heavy atom. The Hall–Kier alpha value is -1.53. The standard InChI is InChI=1S/C14H16BrN3OS/c1-9-5-11(3-4-13(9)14(16)17-19)18(2)7-12-6-10(15)8-20-12/h3-6,8,19H,7H2,1-2H3,(H2,16,17). The van der Waals surface area contributed by atoms with Gasteiger partial charge in [-0.3, -0.25) is 0 Å². The molecule has 0 amide bonds. The van der Waals surface area contributed by atoms with Gasteiger partial charge in [-0.25, -0.2) is 0 Å². The Morgan fingerprint density at radius 1 is 1.45 bits per heavy atom. The Morgan fingerprint density at radius 3 is 2.75 bits per heavy atom. The van der Waals surface area contributed by atoms with Crippen LogP contribution in [-0.4, -0.2) is 18.1 Å². The summed E-state index contributed by atoms with van der Waals surface area (Å²) in [5, 5.41) is 13.9. The van der Waals surface area contributed by atoms with Crippen LogP contribution < -0.4 is 10.6 Å². The number of oxime groups is 1. The minimum Gasteiger partial charge on any atom is -0.409 e. The molecule has 1 heterocycles. The average Bonchev–Trinajstić information content (AvgIpc) is 2.83. The first-order chi connectivity index (χ1) is 9.51. The molecule has 6 heteroatoms. The van der Waals surface area contributed by atoms with Crippen molar-refractivity contribution in [2.45, 2.75) is 13.5 Å². The molecule has 0 atom stereocenters. The summed E-state index contributed by atoms with van der Waals surface area (Å²) < 4.78 is 1.12. The number of anilines is 1. The third kappa shape index (κ3) is 3.32. The molecule has 2 rings (SSSR count). The highest BCUT2D eigenvalue weighted by atomic mass is 79.9. The van der Waals surface area contributed by atoms with E-state index >= 15 is 0 Å². The van der Waals surface area contributed by atoms with Crippen LogP contribution >= 0.6 is 27.3 Å². The average molecular weight is 354 g/mol. The lowest BCUT2D eigenvalue weighted by atomic mass is 10.1. The van der Waals surface area contributed by atoms with Crippen LogP contribution in [0.4, 0.5) is 5.69 Å². The van der Waals surface area contributed by atoms with Gasteiger partial charge in [0.05, 0.1) is 6.54 Å². The largest absolute Gasteiger partial charge is 0.409 e. The number of thiophene rings is 1. The van der Waals surface area contributed by atoms with Gasteiger partial charge in [0.15, 0.2) is 5.84 Å². The Kier molecular flexibility index (Phi) is 4.67. The highest BCUT2D eigenvalue weighted by molar-refractivity contribution is 9.10. The van der Waals surface area contributed by atoms with Gasteiger partial charge < -0.3 is 15.8 Å². The van der Waals surface area contributed by atoms with Crippen molar-refractivity contribution in [3.8, 4) is 0 Å². The van der Waals surface area contributed by atoms with Crippen molar-refractivity contribution in [1.82, 2.24) is 0 Å². The van der Waals surface area contributed by atoms with E-state index < -0.39 is 0 Å². The van der Waals surface area contributed by atoms with Crippen molar-refractivity contribution < 1.29 is 5.21 Å². The third-order valence-corrected chi connectivity index (χ3v) is 4.73. The van der Waals surface area contributed by atoms with E-state index in [2.05, 4.69) is 37.4 Å². The van der Waals surface area contributed by atoms with E-state index in [1.165, 1.54) is 4.88 Å². The fourth-order valence-electron chi connectivity index (χ4n) is 1.99. The van der Waals surface area contributed by atoms with Crippen LogP contribution in [0.2, 0.25) is 0 Å². The van der Waals surface area contributed by atoms with Crippen LogP contribution in [0, 0.1) is 6.92 Å². The zero-order valence-corrected chi connectivity index (χ0v) is 13.7. The van der Waals surface area contributed by atoms with Crippen molar-refractivity contribution >= 4 is 38.8 Å². The van der Waals surface area contributed by atoms with Crippen LogP contribution in [-0.2, 0) is 6.54 Å². The second-order valence-corrected chi connectivity index (χ2v) is 6.48. The summed E-state index contributed by atoms with van der Waals surface area (Å²) in [7, 11) is 2.05. The molecule has 1 aromatic carbocycles. The fraction of sp³-hybridized carbons (Fsp3) is 0.214. The van der Waals surface area contributed by atoms with Crippen LogP contribution in [0.25, 0.3) is 0 Å². The number of benzene rings is 1. The minimum atomic E-state index is 0.138. The van der Waals surface area contributed by atoms with E-state index in [0.29, 0.717) is 0 Å². The molecule has 0 fully saturated rings. The molecule has 0 aliphatic rings. The van der Waals surface area contributed by atoms with E-state index in [9.17, 15) is 0 Å². The number of amidine groups is 1. The molecule has 106 valence electrons. The van der Waals surface area contributed by atoms with Gasteiger partial charge in [-0.15, -0.1) is 11.3 Å². The molecule has 0 spiro atoms. The number of nitrogens with zero attached hydrogens (tertiary/aromatic N) is 2. The van der Waals surface area contributed by atoms with Crippen LogP contribution in [0.3, 0.4) is 0 Å². The molecule has 3 N–H and O–H groups in total. The van der Waals surface area contributed by atoms with Gasteiger partial charge in [0.2, 0.25) is 0 Å². The fourth-order valence-corrected chi connectivity index (χ4v) is 3.49. The topological polar surface area (TPSA) is 61.8 Å². The van der Waals surface area contributed by atoms with Crippen LogP contribution in [0.5, 0.6) is 0 Å². The highest BCUT2D eigenvalue weighted by Gasteiger charge is 2.08. The maximum absolute atomic E-state index is 8.74. The minimum absolute atomic E-state index is 0.138. The third-order valence-electron chi connectivity index (χ3n) is 3.05. The Balaban J connectivity index is 2.18. The maximum atomic E-state index is 8.74. The van der Waals surface area contributed by atoms with Crippen molar-refractivity contribution in [2.24, 2.45) is 10.9 Å². The van der Waals surface area contributed by atoms with Crippen molar-refractivity contribution in [3.05, 3.63) is 50.1 Å². The second-order valence-electron chi connectivity index (χ2n) is 4.57. The molecular formula is C14H16BrN3OS. The molecule has 4 nitrogen and oxygen atoms in total. The van der Waals surface area contributed by atoms with E-state index in [4.69, 9.17) is 10.9 Å². The predicted molar refractivity (Wildman–Crippen MR) is 87.8 cm³/mol. The normalized spacial score (nSPS) is 11.7. The SMILES string of the molecule is Cc1cc(N(C)Cc2cc(Br)cs2)ccc1/C(N)=N/O. The molecule has 0 aliphatic heterocycles. The van der Waals surface area contributed by atoms with Gasteiger partial charge in [0, 0.05) is 33.0 Å². The lowest BCUT2D eigenvalue weighted by molar-refractivity contribution is 0.318. The molecule has 0 unspecified atom stereocenters. The summed E-state index contributed by atoms with van der Waals surface area (Å²) in [5.74, 6) is 0.138. The van der Waals surface area contributed by atoms with Crippen molar-refractivity contribution in [2.75, 3.05) is 11.9 Å². The smallest absolute Gasteiger partial charge is 0.170 e. The first kappa shape index (κ1) is 14.9. The molecule has 1 aromatic heterocycles. The van der Waals surface area contributed by atoms with E-state index in [1.807, 2.05) is 32.2 Å². The van der Waals surface area contributed by atoms with Gasteiger partial charge in [-0.2, -0.15) is 0 Å². The van der Waals surface area contributed by atoms with Gasteiger partial charge >= 0.3 is 0 Å². The number of nitrogens with two attached hydrogens (primary N) is 1. The maximum Gasteiger partial charge on any atom is 0.170 e. The van der Waals surface area contributed by atoms with Gasteiger partial charge in [-0.05, 0) is 52.7 Å². The molecule has 0 saturated heterocycles. The first-order valence-electron chi connectivity index (χ1n) is 6.04. The number of hydrogen-bond acceptors (Lipinski definition) is 4. The number of hydrogen-bond donors (Lipinski definition) is 2. The monoisotopic (exact) mass is 353 g/mol. The Bertz CT molecular complexity index is 639. The number of halogens is 1. The van der Waals surface area contributed by atoms with Crippen LogP contribution in [0.1, 0.15) is 16.0 Å². The predicted octanol–water partition coefficient (Wildman–Crippen LogP) is 3.55. The summed E-state index contributed by atoms with van der Waals surface area (Å²) in [5.41, 5.74) is 8.47. The molecule has 0 bridgehead atoms. The van der Waals surface area contributed by atoms with Gasteiger partial charge in [0.1, 0.15) is 0 Å². The van der Waals surface area contributed by atoms with E-state index in [0.717, 1.165) is 27.8 Å². The number of aryl methyl sites for hydroxylation is 1. The summed E-state index contributed by atoms with van der Waals surface area (Å²) in [6, 6.07) is 8.01. The van der Waals surface area contributed by atoms with E-state index in [1.54, 1.807) is 11.3 Å². The highest BCUT2D eigenvalue weighted by Crippen LogP contribution is 2.24. The molecule has 0 aliphatic carbocycles. The van der Waals surface area contributed by atoms with E-state index in [-0.39, 0.29) is 5.84 Å². The number of rotatable bonds is 4. The summed E-state index contributed by atoms with van der Waals surface area (Å²) in [4.78, 5) is 3.46. The second kappa shape index (κ2) is 6.28. The Labute approximate surface area is 130 Å². The quantitative estimate of drug-likeness (QED) is 0.382.